The number of piperazine rings is 1. The Morgan fingerprint density at radius 1 is 1.32 bits per heavy atom. The van der Waals surface area contributed by atoms with Crippen LogP contribution in [-0.2, 0) is 10.0 Å². The molecule has 1 aliphatic heterocycles. The second kappa shape index (κ2) is 5.16. The number of thiazole rings is 1. The maximum absolute atomic E-state index is 12.5. The van der Waals surface area contributed by atoms with E-state index >= 15 is 0 Å². The smallest absolute Gasteiger partial charge is 0.277 e. The number of aromatic nitrogens is 1. The van der Waals surface area contributed by atoms with Crippen LogP contribution < -0.4 is 5.73 Å². The number of sulfonamides is 1. The first-order valence-electron chi connectivity index (χ1n) is 5.78. The molecule has 1 fully saturated rings. The minimum atomic E-state index is -3.57. The Labute approximate surface area is 116 Å². The topological polar surface area (TPSA) is 96.6 Å². The minimum absolute atomic E-state index is 0.0326. The quantitative estimate of drug-likeness (QED) is 0.811. The van der Waals surface area contributed by atoms with Crippen LogP contribution in [0.1, 0.15) is 15.5 Å². The third-order valence-electron chi connectivity index (χ3n) is 3.00. The van der Waals surface area contributed by atoms with E-state index in [1.807, 2.05) is 7.05 Å². The predicted molar refractivity (Wildman–Crippen MR) is 71.6 cm³/mol. The second-order valence-electron chi connectivity index (χ2n) is 4.46. The molecule has 106 valence electrons. The number of carbonyl (C=O) groups is 1. The van der Waals surface area contributed by atoms with Gasteiger partial charge in [-0.3, -0.25) is 4.79 Å². The van der Waals surface area contributed by atoms with Crippen molar-refractivity contribution in [3.05, 3.63) is 10.7 Å². The standard InChI is InChI=1S/C10H16N4O3S2/c1-7-10(18-9(12-7)8(11)15)19(16,17)14-5-3-13(2)4-6-14/h3-6H2,1-2H3,(H2,11,15). The highest BCUT2D eigenvalue weighted by atomic mass is 32.2. The largest absolute Gasteiger partial charge is 0.364 e. The van der Waals surface area contributed by atoms with E-state index < -0.39 is 15.9 Å². The fourth-order valence-electron chi connectivity index (χ4n) is 1.87. The summed E-state index contributed by atoms with van der Waals surface area (Å²) in [5.74, 6) is -0.701. The van der Waals surface area contributed by atoms with Crippen molar-refractivity contribution >= 4 is 27.3 Å². The highest BCUT2D eigenvalue weighted by Crippen LogP contribution is 2.27. The molecule has 1 amide bonds. The van der Waals surface area contributed by atoms with Crippen molar-refractivity contribution in [1.29, 1.82) is 0 Å². The Morgan fingerprint density at radius 2 is 1.89 bits per heavy atom. The van der Waals surface area contributed by atoms with Gasteiger partial charge < -0.3 is 10.6 Å². The third-order valence-corrected chi connectivity index (χ3v) is 6.66. The van der Waals surface area contributed by atoms with E-state index in [-0.39, 0.29) is 9.22 Å². The zero-order chi connectivity index (χ0) is 14.2. The molecule has 0 saturated carbocycles. The van der Waals surface area contributed by atoms with Crippen molar-refractivity contribution < 1.29 is 13.2 Å². The summed E-state index contributed by atoms with van der Waals surface area (Å²) in [6.45, 7) is 3.86. The van der Waals surface area contributed by atoms with Crippen molar-refractivity contribution in [2.24, 2.45) is 5.73 Å². The fourth-order valence-corrected chi connectivity index (χ4v) is 4.80. The summed E-state index contributed by atoms with van der Waals surface area (Å²) in [4.78, 5) is 17.1. The van der Waals surface area contributed by atoms with Crippen LogP contribution in [0, 0.1) is 6.92 Å². The molecule has 0 spiro atoms. The van der Waals surface area contributed by atoms with E-state index in [9.17, 15) is 13.2 Å². The lowest BCUT2D eigenvalue weighted by molar-refractivity contribution is 0.1000. The van der Waals surface area contributed by atoms with Gasteiger partial charge >= 0.3 is 0 Å². The fraction of sp³-hybridized carbons (Fsp3) is 0.600. The summed E-state index contributed by atoms with van der Waals surface area (Å²) < 4.78 is 26.5. The maximum Gasteiger partial charge on any atom is 0.277 e. The van der Waals surface area contributed by atoms with Crippen LogP contribution in [0.2, 0.25) is 0 Å². The highest BCUT2D eigenvalue weighted by molar-refractivity contribution is 7.91. The molecule has 2 N–H and O–H groups in total. The summed E-state index contributed by atoms with van der Waals surface area (Å²) >= 11 is 0.840. The first kappa shape index (κ1) is 14.4. The average molecular weight is 304 g/mol. The Balaban J connectivity index is 2.32. The van der Waals surface area contributed by atoms with Crippen molar-refractivity contribution in [2.75, 3.05) is 33.2 Å². The Bertz CT molecular complexity index is 588. The third kappa shape index (κ3) is 2.78. The van der Waals surface area contributed by atoms with Crippen molar-refractivity contribution in [3.63, 3.8) is 0 Å². The van der Waals surface area contributed by atoms with Crippen molar-refractivity contribution in [2.45, 2.75) is 11.1 Å². The molecular formula is C10H16N4O3S2. The van der Waals surface area contributed by atoms with Crippen LogP contribution in [0.15, 0.2) is 4.21 Å². The molecule has 1 aromatic heterocycles. The molecule has 1 saturated heterocycles. The lowest BCUT2D eigenvalue weighted by atomic mass is 10.4. The van der Waals surface area contributed by atoms with Gasteiger partial charge in [0.2, 0.25) is 0 Å². The molecule has 0 aromatic carbocycles. The van der Waals surface area contributed by atoms with Gasteiger partial charge in [0.05, 0.1) is 5.69 Å². The Morgan fingerprint density at radius 3 is 2.37 bits per heavy atom. The average Bonchev–Trinajstić information content (AvgIpc) is 2.73. The summed E-state index contributed by atoms with van der Waals surface area (Å²) in [7, 11) is -1.62. The van der Waals surface area contributed by atoms with Gasteiger partial charge in [-0.2, -0.15) is 4.31 Å². The van der Waals surface area contributed by atoms with E-state index in [2.05, 4.69) is 9.88 Å². The number of primary amides is 1. The summed E-state index contributed by atoms with van der Waals surface area (Å²) in [6.07, 6.45) is 0. The number of nitrogens with zero attached hydrogens (tertiary/aromatic N) is 3. The van der Waals surface area contributed by atoms with Crippen LogP contribution in [0.3, 0.4) is 0 Å². The SMILES string of the molecule is Cc1nc(C(N)=O)sc1S(=O)(=O)N1CCN(C)CC1. The van der Waals surface area contributed by atoms with Crippen LogP contribution in [0.25, 0.3) is 0 Å². The van der Waals surface area contributed by atoms with Gasteiger partial charge in [-0.25, -0.2) is 13.4 Å². The molecule has 0 radical (unpaired) electrons. The normalized spacial score (nSPS) is 18.6. The van der Waals surface area contributed by atoms with Crippen LogP contribution in [0.4, 0.5) is 0 Å². The monoisotopic (exact) mass is 304 g/mol. The summed E-state index contributed by atoms with van der Waals surface area (Å²) in [5, 5.41) is 0.0326. The number of rotatable bonds is 3. The number of carbonyl (C=O) groups excluding carboxylic acids is 1. The molecule has 9 heteroatoms. The lowest BCUT2D eigenvalue weighted by Gasteiger charge is -2.31. The molecule has 0 bridgehead atoms. The van der Waals surface area contributed by atoms with Crippen molar-refractivity contribution in [3.8, 4) is 0 Å². The number of aryl methyl sites for hydroxylation is 1. The molecule has 0 atom stereocenters. The van der Waals surface area contributed by atoms with Crippen LogP contribution in [0.5, 0.6) is 0 Å². The van der Waals surface area contributed by atoms with E-state index in [0.717, 1.165) is 11.3 Å². The van der Waals surface area contributed by atoms with Crippen molar-refractivity contribution in [1.82, 2.24) is 14.2 Å². The number of nitrogens with two attached hydrogens (primary N) is 1. The van der Waals surface area contributed by atoms with Gasteiger partial charge in [0.15, 0.2) is 9.22 Å². The molecule has 2 rings (SSSR count). The zero-order valence-electron chi connectivity index (χ0n) is 10.8. The molecule has 1 aliphatic rings. The number of amides is 1. The lowest BCUT2D eigenvalue weighted by Crippen LogP contribution is -2.46. The van der Waals surface area contributed by atoms with Gasteiger partial charge in [0, 0.05) is 26.2 Å². The Hall–Kier alpha value is -1.03. The molecule has 19 heavy (non-hydrogen) atoms. The number of likely N-dealkylation sites (N-methyl/N-ethyl adjacent to an activating group) is 1. The number of hydrogen-bond acceptors (Lipinski definition) is 6. The van der Waals surface area contributed by atoms with Crippen LogP contribution in [-0.4, -0.2) is 61.7 Å². The van der Waals surface area contributed by atoms with E-state index in [1.54, 1.807) is 6.92 Å². The molecule has 1 aromatic rings. The first-order chi connectivity index (χ1) is 8.82. The van der Waals surface area contributed by atoms with Gasteiger partial charge in [0.25, 0.3) is 15.9 Å². The molecule has 2 heterocycles. The van der Waals surface area contributed by atoms with E-state index in [1.165, 1.54) is 4.31 Å². The zero-order valence-corrected chi connectivity index (χ0v) is 12.4. The summed E-state index contributed by atoms with van der Waals surface area (Å²) in [6, 6.07) is 0. The van der Waals surface area contributed by atoms with Gasteiger partial charge in [0.1, 0.15) is 0 Å². The Kier molecular flexibility index (Phi) is 3.90. The molecule has 7 nitrogen and oxygen atoms in total. The van der Waals surface area contributed by atoms with E-state index in [0.29, 0.717) is 31.9 Å². The predicted octanol–water partition coefficient (Wildman–Crippen LogP) is -0.513. The van der Waals surface area contributed by atoms with Gasteiger partial charge in [-0.15, -0.1) is 0 Å². The molecule has 0 aliphatic carbocycles. The summed E-state index contributed by atoms with van der Waals surface area (Å²) in [5.41, 5.74) is 5.46. The molecule has 0 unspecified atom stereocenters. The number of hydrogen-bond donors (Lipinski definition) is 1. The van der Waals surface area contributed by atoms with E-state index in [4.69, 9.17) is 5.73 Å². The van der Waals surface area contributed by atoms with Crippen LogP contribution >= 0.6 is 11.3 Å². The molecular weight excluding hydrogens is 288 g/mol. The minimum Gasteiger partial charge on any atom is -0.364 e. The highest BCUT2D eigenvalue weighted by Gasteiger charge is 2.31. The first-order valence-corrected chi connectivity index (χ1v) is 8.04. The van der Waals surface area contributed by atoms with Gasteiger partial charge in [-0.1, -0.05) is 11.3 Å². The maximum atomic E-state index is 12.5. The second-order valence-corrected chi connectivity index (χ2v) is 7.60. The van der Waals surface area contributed by atoms with Gasteiger partial charge in [-0.05, 0) is 14.0 Å².